The van der Waals surface area contributed by atoms with Crippen molar-refractivity contribution in [1.29, 1.82) is 5.26 Å². The van der Waals surface area contributed by atoms with Crippen LogP contribution in [0, 0.1) is 17.9 Å². The number of allylic oxidation sites excluding steroid dienone is 1. The fourth-order valence-electron chi connectivity index (χ4n) is 3.40. The molecule has 33 heavy (non-hydrogen) atoms. The molecule has 1 atom stereocenters. The smallest absolute Gasteiger partial charge is 0.416 e. The van der Waals surface area contributed by atoms with Gasteiger partial charge in [-0.3, -0.25) is 4.90 Å². The van der Waals surface area contributed by atoms with Gasteiger partial charge in [-0.05, 0) is 42.8 Å². The molecule has 0 fully saturated rings. The third-order valence-electron chi connectivity index (χ3n) is 4.95. The fraction of sp³-hybridized carbons (Fsp3) is 0.217. The van der Waals surface area contributed by atoms with Gasteiger partial charge in [0.2, 0.25) is 6.54 Å². The zero-order valence-corrected chi connectivity index (χ0v) is 17.3. The molecule has 1 heterocycles. The van der Waals surface area contributed by atoms with E-state index in [-0.39, 0.29) is 30.1 Å². The summed E-state index contributed by atoms with van der Waals surface area (Å²) >= 11 is 0. The van der Waals surface area contributed by atoms with Gasteiger partial charge in [0.15, 0.2) is 6.61 Å². The number of nitrogens with one attached hydrogen (secondary N) is 1. The topological polar surface area (TPSA) is 86.8 Å². The zero-order valence-electron chi connectivity index (χ0n) is 17.3. The van der Waals surface area contributed by atoms with E-state index >= 15 is 0 Å². The number of nitriles is 1. The average molecular weight is 454 g/mol. The van der Waals surface area contributed by atoms with E-state index < -0.39 is 29.8 Å². The van der Waals surface area contributed by atoms with Crippen molar-refractivity contribution in [2.45, 2.75) is 19.1 Å². The number of hydrogen-bond donors (Lipinski definition) is 1. The van der Waals surface area contributed by atoms with Crippen LogP contribution < -0.4 is 10.2 Å². The van der Waals surface area contributed by atoms with E-state index in [0.717, 1.165) is 17.0 Å². The molecule has 1 aliphatic heterocycles. The van der Waals surface area contributed by atoms with Crippen molar-refractivity contribution in [1.82, 2.24) is 5.32 Å². The molecule has 10 heteroatoms. The van der Waals surface area contributed by atoms with Crippen molar-refractivity contribution >= 4 is 17.7 Å². The highest BCUT2D eigenvalue weighted by Crippen LogP contribution is 2.37. The maximum atomic E-state index is 13.2. The lowest BCUT2D eigenvalue weighted by molar-refractivity contribution is -0.139. The number of rotatable bonds is 5. The Labute approximate surface area is 187 Å². The minimum Gasteiger partial charge on any atom is -0.454 e. The Kier molecular flexibility index (Phi) is 6.69. The van der Waals surface area contributed by atoms with E-state index in [9.17, 15) is 22.8 Å². The second-order valence-electron chi connectivity index (χ2n) is 7.02. The summed E-state index contributed by atoms with van der Waals surface area (Å²) in [7, 11) is 0. The number of anilines is 1. The Hall–Kier alpha value is -4.31. The largest absolute Gasteiger partial charge is 0.454 e. The van der Waals surface area contributed by atoms with Gasteiger partial charge in [0.1, 0.15) is 0 Å². The molecule has 1 aliphatic rings. The van der Waals surface area contributed by atoms with E-state index in [1.807, 2.05) is 6.07 Å². The first-order valence-electron chi connectivity index (χ1n) is 9.66. The molecule has 0 radical (unpaired) electrons. The van der Waals surface area contributed by atoms with Crippen LogP contribution in [0.25, 0.3) is 4.85 Å². The third-order valence-corrected chi connectivity index (χ3v) is 4.95. The minimum absolute atomic E-state index is 0.00157. The highest BCUT2D eigenvalue weighted by Gasteiger charge is 2.38. The molecule has 2 amide bonds. The van der Waals surface area contributed by atoms with Crippen LogP contribution in [-0.2, 0) is 15.7 Å². The van der Waals surface area contributed by atoms with Crippen molar-refractivity contribution < 1.29 is 27.5 Å². The number of carbonyl (C=O) groups is 2. The molecule has 0 saturated carbocycles. The Morgan fingerprint density at radius 2 is 1.97 bits per heavy atom. The van der Waals surface area contributed by atoms with E-state index in [1.165, 1.54) is 31.2 Å². The maximum absolute atomic E-state index is 13.2. The van der Waals surface area contributed by atoms with Gasteiger partial charge in [0.05, 0.1) is 34.5 Å². The van der Waals surface area contributed by atoms with Crippen molar-refractivity contribution in [2.24, 2.45) is 0 Å². The van der Waals surface area contributed by atoms with Crippen LogP contribution in [0.1, 0.15) is 29.7 Å². The number of esters is 1. The van der Waals surface area contributed by atoms with Crippen molar-refractivity contribution in [3.05, 3.63) is 87.9 Å². The van der Waals surface area contributed by atoms with Crippen LogP contribution in [0.15, 0.2) is 59.8 Å². The number of hydrogen-bond acceptors (Lipinski definition) is 4. The van der Waals surface area contributed by atoms with E-state index in [2.05, 4.69) is 10.2 Å². The third kappa shape index (κ3) is 4.96. The van der Waals surface area contributed by atoms with Crippen LogP contribution >= 0.6 is 0 Å². The minimum atomic E-state index is -4.62. The van der Waals surface area contributed by atoms with Crippen LogP contribution in [0.4, 0.5) is 23.7 Å². The van der Waals surface area contributed by atoms with Gasteiger partial charge in [-0.1, -0.05) is 18.2 Å². The summed E-state index contributed by atoms with van der Waals surface area (Å²) < 4.78 is 44.8. The average Bonchev–Trinajstić information content (AvgIpc) is 2.78. The lowest BCUT2D eigenvalue weighted by Gasteiger charge is -2.35. The van der Waals surface area contributed by atoms with E-state index in [1.54, 1.807) is 12.1 Å². The summed E-state index contributed by atoms with van der Waals surface area (Å²) in [5, 5.41) is 11.6. The molecular weight excluding hydrogens is 437 g/mol. The number of alkyl halides is 3. The standard InChI is InChI=1S/C23H17F3N4O3/c1-14-19(21(31)33-11-10-28-2)20(16-8-6-15(13-27)7-9-16)29-22(32)30(14)18-5-3-4-17(12-18)23(24,25)26/h3-9,12,20H,10-11H2,1H3,(H,29,32). The number of nitrogens with zero attached hydrogens (tertiary/aromatic N) is 3. The predicted octanol–water partition coefficient (Wildman–Crippen LogP) is 4.58. The van der Waals surface area contributed by atoms with Gasteiger partial charge in [-0.2, -0.15) is 18.4 Å². The first-order chi connectivity index (χ1) is 15.7. The van der Waals surface area contributed by atoms with Gasteiger partial charge in [0.25, 0.3) is 0 Å². The summed E-state index contributed by atoms with van der Waals surface area (Å²) in [6.45, 7) is 8.00. The number of ether oxygens (including phenoxy) is 1. The highest BCUT2D eigenvalue weighted by atomic mass is 19.4. The monoisotopic (exact) mass is 454 g/mol. The molecule has 3 rings (SSSR count). The van der Waals surface area contributed by atoms with Crippen LogP contribution in [0.3, 0.4) is 0 Å². The van der Waals surface area contributed by atoms with Crippen molar-refractivity contribution in [3.8, 4) is 6.07 Å². The summed E-state index contributed by atoms with van der Waals surface area (Å²) in [5.41, 5.74) is -0.0987. The van der Waals surface area contributed by atoms with Crippen LogP contribution in [0.2, 0.25) is 0 Å². The summed E-state index contributed by atoms with van der Waals surface area (Å²) in [6, 6.07) is 10.6. The molecule has 0 aliphatic carbocycles. The Bertz CT molecular complexity index is 1190. The second kappa shape index (κ2) is 9.45. The second-order valence-corrected chi connectivity index (χ2v) is 7.02. The zero-order chi connectivity index (χ0) is 24.2. The first-order valence-corrected chi connectivity index (χ1v) is 9.66. The van der Waals surface area contributed by atoms with Gasteiger partial charge in [-0.15, -0.1) is 0 Å². The Balaban J connectivity index is 2.10. The first kappa shape index (κ1) is 23.4. The van der Waals surface area contributed by atoms with Gasteiger partial charge in [-0.25, -0.2) is 16.2 Å². The molecule has 0 saturated heterocycles. The molecule has 0 spiro atoms. The lowest BCUT2D eigenvalue weighted by Crippen LogP contribution is -2.48. The molecule has 7 nitrogen and oxygen atoms in total. The quantitative estimate of drug-likeness (QED) is 0.407. The van der Waals surface area contributed by atoms with Gasteiger partial charge in [0, 0.05) is 5.70 Å². The Morgan fingerprint density at radius 3 is 2.58 bits per heavy atom. The van der Waals surface area contributed by atoms with Crippen LogP contribution in [0.5, 0.6) is 0 Å². The Morgan fingerprint density at radius 1 is 1.27 bits per heavy atom. The summed E-state index contributed by atoms with van der Waals surface area (Å²) in [5.74, 6) is -0.817. The number of urea groups is 1. The molecule has 168 valence electrons. The molecule has 2 aromatic rings. The number of halogens is 3. The van der Waals surface area contributed by atoms with E-state index in [4.69, 9.17) is 16.6 Å². The number of carbonyl (C=O) groups excluding carboxylic acids is 2. The van der Waals surface area contributed by atoms with Crippen LogP contribution in [-0.4, -0.2) is 25.2 Å². The molecule has 2 aromatic carbocycles. The lowest BCUT2D eigenvalue weighted by atomic mass is 9.94. The summed E-state index contributed by atoms with van der Waals surface area (Å²) in [4.78, 5) is 30.0. The number of benzene rings is 2. The van der Waals surface area contributed by atoms with Gasteiger partial charge < -0.3 is 14.9 Å². The normalized spacial score (nSPS) is 16.0. The van der Waals surface area contributed by atoms with E-state index in [0.29, 0.717) is 11.1 Å². The summed E-state index contributed by atoms with van der Waals surface area (Å²) in [6.07, 6.45) is -4.62. The SMILES string of the molecule is [C-]#[N+]CCOC(=O)C1=C(C)N(c2cccc(C(F)(F)F)c2)C(=O)NC1c1ccc(C#N)cc1. The molecular formula is C23H17F3N4O3. The molecule has 1 N–H and O–H groups in total. The highest BCUT2D eigenvalue weighted by molar-refractivity contribution is 6.03. The number of amides is 2. The van der Waals surface area contributed by atoms with Gasteiger partial charge >= 0.3 is 18.2 Å². The molecule has 1 unspecified atom stereocenters. The van der Waals surface area contributed by atoms with Crippen molar-refractivity contribution in [3.63, 3.8) is 0 Å². The predicted molar refractivity (Wildman–Crippen MR) is 111 cm³/mol. The molecule has 0 bridgehead atoms. The maximum Gasteiger partial charge on any atom is 0.416 e. The van der Waals surface area contributed by atoms with Crippen molar-refractivity contribution in [2.75, 3.05) is 18.1 Å². The molecule has 0 aromatic heterocycles. The fourth-order valence-corrected chi connectivity index (χ4v) is 3.40.